The zero-order chi connectivity index (χ0) is 16.2. The van der Waals surface area contributed by atoms with Crippen LogP contribution in [0.1, 0.15) is 12.8 Å². The van der Waals surface area contributed by atoms with Crippen molar-refractivity contribution in [2.24, 2.45) is 5.73 Å². The Balaban J connectivity index is 1.65. The summed E-state index contributed by atoms with van der Waals surface area (Å²) in [6.45, 7) is 2.66. The minimum atomic E-state index is -0.336. The molecule has 1 atom stereocenters. The number of benzene rings is 1. The highest BCUT2D eigenvalue weighted by Crippen LogP contribution is 2.27. The molecule has 2 aliphatic heterocycles. The molecule has 2 heterocycles. The van der Waals surface area contributed by atoms with Crippen molar-refractivity contribution >= 4 is 17.5 Å². The van der Waals surface area contributed by atoms with E-state index in [0.29, 0.717) is 13.1 Å². The number of nitrogens with two attached hydrogens (primary N) is 1. The van der Waals surface area contributed by atoms with Crippen LogP contribution in [0, 0.1) is 11.3 Å². The number of nitriles is 1. The second-order valence-corrected chi connectivity index (χ2v) is 5.79. The number of nitrogens with zero attached hydrogens (tertiary/aromatic N) is 3. The number of rotatable bonds is 3. The third-order valence-electron chi connectivity index (χ3n) is 4.34. The van der Waals surface area contributed by atoms with E-state index in [1.54, 1.807) is 11.0 Å². The highest BCUT2D eigenvalue weighted by molar-refractivity contribution is 5.90. The van der Waals surface area contributed by atoms with Gasteiger partial charge in [-0.15, -0.1) is 0 Å². The van der Waals surface area contributed by atoms with E-state index in [9.17, 15) is 4.79 Å². The van der Waals surface area contributed by atoms with E-state index in [2.05, 4.69) is 11.0 Å². The van der Waals surface area contributed by atoms with Crippen LogP contribution in [-0.2, 0) is 4.74 Å². The monoisotopic (exact) mass is 312 g/mol. The Kier molecular flexibility index (Phi) is 4.49. The molecule has 0 aromatic heterocycles. The number of hydrogen-bond acceptors (Lipinski definition) is 5. The first-order valence-electron chi connectivity index (χ1n) is 7.82. The van der Waals surface area contributed by atoms with E-state index in [-0.39, 0.29) is 12.2 Å². The number of cyclic esters (lactones) is 1. The van der Waals surface area contributed by atoms with Crippen LogP contribution in [0.15, 0.2) is 35.9 Å². The fraction of sp³-hybridized carbons (Fsp3) is 0.412. The van der Waals surface area contributed by atoms with Gasteiger partial charge in [0.1, 0.15) is 6.10 Å². The molecule has 0 bridgehead atoms. The molecule has 2 fully saturated rings. The Morgan fingerprint density at radius 1 is 1.26 bits per heavy atom. The number of piperidine rings is 1. The Bertz CT molecular complexity index is 638. The number of allylic oxidation sites excluding steroid dienone is 1. The molecular weight excluding hydrogens is 292 g/mol. The lowest BCUT2D eigenvalue weighted by molar-refractivity contribution is 0.145. The van der Waals surface area contributed by atoms with Gasteiger partial charge in [-0.05, 0) is 37.1 Å². The number of hydrogen-bond donors (Lipinski definition) is 1. The van der Waals surface area contributed by atoms with Crippen LogP contribution in [0.25, 0.3) is 0 Å². The highest BCUT2D eigenvalue weighted by Gasteiger charge is 2.31. The van der Waals surface area contributed by atoms with Crippen molar-refractivity contribution in [2.45, 2.75) is 18.9 Å². The van der Waals surface area contributed by atoms with E-state index in [1.165, 1.54) is 5.57 Å². The maximum atomic E-state index is 11.8. The molecule has 1 aromatic rings. The second-order valence-electron chi connectivity index (χ2n) is 5.79. The lowest BCUT2D eigenvalue weighted by atomic mass is 10.0. The van der Waals surface area contributed by atoms with E-state index >= 15 is 0 Å². The number of carbonyl (C=O) groups is 1. The second kappa shape index (κ2) is 6.71. The van der Waals surface area contributed by atoms with E-state index < -0.39 is 0 Å². The Labute approximate surface area is 135 Å². The molecule has 6 heteroatoms. The molecule has 6 nitrogen and oxygen atoms in total. The Hall–Kier alpha value is -2.52. The molecule has 2 aliphatic rings. The van der Waals surface area contributed by atoms with Crippen LogP contribution in [0.2, 0.25) is 0 Å². The first-order chi connectivity index (χ1) is 11.2. The fourth-order valence-electron chi connectivity index (χ4n) is 2.99. The number of amides is 1. The van der Waals surface area contributed by atoms with Gasteiger partial charge < -0.3 is 15.4 Å². The smallest absolute Gasteiger partial charge is 0.414 e. The fourth-order valence-corrected chi connectivity index (χ4v) is 2.99. The Morgan fingerprint density at radius 3 is 2.48 bits per heavy atom. The predicted octanol–water partition coefficient (Wildman–Crippen LogP) is 2.02. The number of ether oxygens (including phenoxy) is 1. The quantitative estimate of drug-likeness (QED) is 0.863. The summed E-state index contributed by atoms with van der Waals surface area (Å²) >= 11 is 0. The molecule has 0 aliphatic carbocycles. The normalized spacial score (nSPS) is 21.1. The lowest BCUT2D eigenvalue weighted by Gasteiger charge is -2.30. The third kappa shape index (κ3) is 3.30. The maximum Gasteiger partial charge on any atom is 0.414 e. The SMILES string of the molecule is N#CC=C1CCN(c2ccc(N3CC(CN)OC3=O)cc2)CC1. The first kappa shape index (κ1) is 15.4. The van der Waals surface area contributed by atoms with Crippen molar-refractivity contribution in [1.82, 2.24) is 0 Å². The predicted molar refractivity (Wildman–Crippen MR) is 88.3 cm³/mol. The summed E-state index contributed by atoms with van der Waals surface area (Å²) in [5, 5.41) is 8.70. The first-order valence-corrected chi connectivity index (χ1v) is 7.82. The van der Waals surface area contributed by atoms with Crippen molar-refractivity contribution < 1.29 is 9.53 Å². The van der Waals surface area contributed by atoms with Gasteiger partial charge in [0, 0.05) is 37.1 Å². The standard InChI is InChI=1S/C17H20N4O2/c18-8-5-13-6-9-20(10-7-13)14-1-3-15(4-2-14)21-12-16(11-19)23-17(21)22/h1-5,16H,6-7,9-12,19H2. The summed E-state index contributed by atoms with van der Waals surface area (Å²) in [6.07, 6.45) is 2.94. The topological polar surface area (TPSA) is 82.6 Å². The molecular formula is C17H20N4O2. The minimum Gasteiger partial charge on any atom is -0.443 e. The van der Waals surface area contributed by atoms with E-state index in [4.69, 9.17) is 15.7 Å². The lowest BCUT2D eigenvalue weighted by Crippen LogP contribution is -2.30. The molecule has 1 aromatic carbocycles. The van der Waals surface area contributed by atoms with Gasteiger partial charge in [0.15, 0.2) is 0 Å². The van der Waals surface area contributed by atoms with Gasteiger partial charge in [0.05, 0.1) is 12.6 Å². The van der Waals surface area contributed by atoms with Crippen molar-refractivity contribution in [1.29, 1.82) is 5.26 Å². The van der Waals surface area contributed by atoms with Gasteiger partial charge in [-0.1, -0.05) is 5.57 Å². The Morgan fingerprint density at radius 2 is 1.91 bits per heavy atom. The van der Waals surface area contributed by atoms with Gasteiger partial charge in [-0.2, -0.15) is 5.26 Å². The molecule has 3 rings (SSSR count). The summed E-state index contributed by atoms with van der Waals surface area (Å²) in [5.74, 6) is 0. The molecule has 1 amide bonds. The van der Waals surface area contributed by atoms with Crippen molar-refractivity contribution in [3.05, 3.63) is 35.9 Å². The number of anilines is 2. The summed E-state index contributed by atoms with van der Waals surface area (Å²) in [5.41, 5.74) is 8.73. The molecule has 0 saturated carbocycles. The van der Waals surface area contributed by atoms with Gasteiger partial charge in [0.2, 0.25) is 0 Å². The van der Waals surface area contributed by atoms with E-state index in [0.717, 1.165) is 37.3 Å². The zero-order valence-corrected chi connectivity index (χ0v) is 12.9. The van der Waals surface area contributed by atoms with Crippen molar-refractivity contribution in [3.63, 3.8) is 0 Å². The zero-order valence-electron chi connectivity index (χ0n) is 12.9. The molecule has 1 unspecified atom stereocenters. The van der Waals surface area contributed by atoms with Crippen LogP contribution >= 0.6 is 0 Å². The summed E-state index contributed by atoms with van der Waals surface area (Å²) in [6, 6.07) is 10.0. The summed E-state index contributed by atoms with van der Waals surface area (Å²) in [7, 11) is 0. The van der Waals surface area contributed by atoms with Crippen LogP contribution in [-0.4, -0.2) is 38.4 Å². The van der Waals surface area contributed by atoms with Crippen LogP contribution < -0.4 is 15.5 Å². The third-order valence-corrected chi connectivity index (χ3v) is 4.34. The summed E-state index contributed by atoms with van der Waals surface area (Å²) in [4.78, 5) is 15.7. The molecule has 2 N–H and O–H groups in total. The molecule has 120 valence electrons. The van der Waals surface area contributed by atoms with Crippen LogP contribution in [0.5, 0.6) is 0 Å². The largest absolute Gasteiger partial charge is 0.443 e. The average molecular weight is 312 g/mol. The van der Waals surface area contributed by atoms with Gasteiger partial charge in [-0.25, -0.2) is 4.79 Å². The molecule has 23 heavy (non-hydrogen) atoms. The van der Waals surface area contributed by atoms with Gasteiger partial charge in [-0.3, -0.25) is 4.90 Å². The van der Waals surface area contributed by atoms with Crippen LogP contribution in [0.3, 0.4) is 0 Å². The van der Waals surface area contributed by atoms with Crippen molar-refractivity contribution in [2.75, 3.05) is 36.0 Å². The van der Waals surface area contributed by atoms with E-state index in [1.807, 2.05) is 24.3 Å². The number of carbonyl (C=O) groups excluding carboxylic acids is 1. The van der Waals surface area contributed by atoms with Crippen molar-refractivity contribution in [3.8, 4) is 6.07 Å². The molecule has 2 saturated heterocycles. The maximum absolute atomic E-state index is 11.8. The van der Waals surface area contributed by atoms with Gasteiger partial charge >= 0.3 is 6.09 Å². The highest BCUT2D eigenvalue weighted by atomic mass is 16.6. The summed E-state index contributed by atoms with van der Waals surface area (Å²) < 4.78 is 5.18. The molecule has 0 radical (unpaired) electrons. The minimum absolute atomic E-state index is 0.227. The average Bonchev–Trinajstić information content (AvgIpc) is 2.97. The van der Waals surface area contributed by atoms with Crippen LogP contribution in [0.4, 0.5) is 16.2 Å². The van der Waals surface area contributed by atoms with Gasteiger partial charge in [0.25, 0.3) is 0 Å². The molecule has 0 spiro atoms.